The molecule has 5 aliphatic rings. The van der Waals surface area contributed by atoms with Gasteiger partial charge in [-0.3, -0.25) is 20.2 Å². The second kappa shape index (κ2) is 26.1. The van der Waals surface area contributed by atoms with Crippen LogP contribution in [0.1, 0.15) is 69.3 Å². The minimum atomic E-state index is -0.0127. The van der Waals surface area contributed by atoms with Gasteiger partial charge in [-0.15, -0.1) is 0 Å². The molecular weight excluding hydrogens is 967 g/mol. The van der Waals surface area contributed by atoms with Crippen molar-refractivity contribution in [2.75, 3.05) is 29.4 Å². The number of H-pyrrole nitrogens is 2. The summed E-state index contributed by atoms with van der Waals surface area (Å²) >= 11 is 0. The first-order valence-electron chi connectivity index (χ1n) is 26.2. The Morgan fingerprint density at radius 1 is 0.636 bits per heavy atom. The molecule has 3 aliphatic carbocycles. The number of anilines is 3. The molecule has 9 N–H and O–H groups in total. The Kier molecular flexibility index (Phi) is 17.9. The van der Waals surface area contributed by atoms with Gasteiger partial charge >= 0.3 is 5.78 Å². The molecule has 0 bridgehead atoms. The molecule has 14 rings (SSSR count). The molecule has 2 aliphatic heterocycles. The third-order valence-corrected chi connectivity index (χ3v) is 13.6. The van der Waals surface area contributed by atoms with Gasteiger partial charge in [0.2, 0.25) is 0 Å². The molecular formula is C63H64N7O7+. The molecule has 2 saturated carbocycles. The van der Waals surface area contributed by atoms with Crippen molar-refractivity contribution in [1.82, 2.24) is 15.4 Å². The van der Waals surface area contributed by atoms with E-state index >= 15 is 0 Å². The summed E-state index contributed by atoms with van der Waals surface area (Å²) in [6.07, 6.45) is 10.4. The SMILES string of the molecule is NNc1ccccc1.O=C1C=C(NNc2ccccc2)CCC1.O=C1CCCC2Nc3ccccc3C12.O=C1[CH+]CCC(=O)C1.Oc1cccc2[nH]c3ccccc3c12.c1ccc2c(c1)[nH]c1cccc(OC[C@@H]3CO3)c12. The lowest BCUT2D eigenvalue weighted by Gasteiger charge is -2.24. The van der Waals surface area contributed by atoms with Gasteiger partial charge in [-0.25, -0.2) is 4.79 Å². The summed E-state index contributed by atoms with van der Waals surface area (Å²) in [7, 11) is 0. The van der Waals surface area contributed by atoms with Gasteiger partial charge in [0.05, 0.1) is 29.2 Å². The molecule has 392 valence electrons. The number of para-hydroxylation sites is 5. The van der Waals surface area contributed by atoms with E-state index in [9.17, 15) is 24.3 Å². The van der Waals surface area contributed by atoms with Crippen molar-refractivity contribution in [2.45, 2.75) is 75.9 Å². The molecule has 7 aromatic carbocycles. The van der Waals surface area contributed by atoms with E-state index in [4.69, 9.17) is 15.3 Å². The number of phenols is 1. The fourth-order valence-electron chi connectivity index (χ4n) is 9.75. The Morgan fingerprint density at radius 2 is 1.26 bits per heavy atom. The fourth-order valence-corrected chi connectivity index (χ4v) is 9.75. The van der Waals surface area contributed by atoms with Crippen LogP contribution in [-0.4, -0.2) is 63.6 Å². The molecule has 2 unspecified atom stereocenters. The van der Waals surface area contributed by atoms with Crippen molar-refractivity contribution in [3.8, 4) is 11.5 Å². The number of fused-ring (bicyclic) bond motifs is 9. The number of rotatable bonds is 7. The molecule has 0 amide bonds. The summed E-state index contributed by atoms with van der Waals surface area (Å²) in [5, 5.41) is 17.5. The monoisotopic (exact) mass is 1030 g/mol. The van der Waals surface area contributed by atoms with Crippen molar-refractivity contribution in [1.29, 1.82) is 0 Å². The largest absolute Gasteiger partial charge is 0.507 e. The number of benzene rings is 7. The van der Waals surface area contributed by atoms with Gasteiger partial charge in [0.1, 0.15) is 55.0 Å². The first kappa shape index (κ1) is 53.0. The van der Waals surface area contributed by atoms with E-state index in [-0.39, 0.29) is 35.8 Å². The van der Waals surface area contributed by atoms with Crippen LogP contribution >= 0.6 is 0 Å². The van der Waals surface area contributed by atoms with Gasteiger partial charge in [0.15, 0.2) is 5.78 Å². The molecule has 14 heteroatoms. The lowest BCUT2D eigenvalue weighted by atomic mass is 9.82. The van der Waals surface area contributed by atoms with Gasteiger partial charge in [0, 0.05) is 81.0 Å². The number of hydrogen-bond donors (Lipinski definition) is 8. The number of carbonyl (C=O) groups is 4. The van der Waals surface area contributed by atoms with Crippen molar-refractivity contribution < 1.29 is 33.8 Å². The van der Waals surface area contributed by atoms with Crippen molar-refractivity contribution >= 4 is 83.8 Å². The maximum absolute atomic E-state index is 11.8. The number of nitrogen functional groups attached to an aromatic ring is 1. The minimum absolute atomic E-state index is 0.0127. The highest BCUT2D eigenvalue weighted by molar-refractivity contribution is 6.11. The zero-order valence-electron chi connectivity index (χ0n) is 42.8. The molecule has 4 heterocycles. The summed E-state index contributed by atoms with van der Waals surface area (Å²) < 4.78 is 11.0. The van der Waals surface area contributed by atoms with E-state index in [0.29, 0.717) is 43.4 Å². The number of hydrazine groups is 2. The molecule has 3 atom stereocenters. The van der Waals surface area contributed by atoms with E-state index in [1.54, 1.807) is 18.6 Å². The Bertz CT molecular complexity index is 3460. The third kappa shape index (κ3) is 14.3. The number of carbonyl (C=O) groups excluding carboxylic acids is 4. The molecule has 0 radical (unpaired) electrons. The van der Waals surface area contributed by atoms with E-state index in [0.717, 1.165) is 105 Å². The predicted octanol–water partition coefficient (Wildman–Crippen LogP) is 12.2. The topological polar surface area (TPSA) is 216 Å². The Morgan fingerprint density at radius 3 is 1.91 bits per heavy atom. The number of aromatic amines is 2. The summed E-state index contributed by atoms with van der Waals surface area (Å²) in [6.45, 7) is 1.46. The van der Waals surface area contributed by atoms with E-state index < -0.39 is 0 Å². The number of phenolic OH excluding ortho intramolecular Hbond substituents is 1. The number of allylic oxidation sites excluding steroid dienone is 2. The molecule has 2 aromatic heterocycles. The van der Waals surface area contributed by atoms with Crippen molar-refractivity contribution in [3.05, 3.63) is 194 Å². The second-order valence-corrected chi connectivity index (χ2v) is 19.2. The number of Topliss-reactive ketones (excluding diaryl/α,β-unsaturated/α-hetero) is 3. The maximum atomic E-state index is 11.8. The highest BCUT2D eigenvalue weighted by atomic mass is 16.6. The second-order valence-electron chi connectivity index (χ2n) is 19.2. The number of aromatic hydroxyl groups is 1. The van der Waals surface area contributed by atoms with Gasteiger partial charge in [-0.05, 0) is 98.0 Å². The molecule has 77 heavy (non-hydrogen) atoms. The van der Waals surface area contributed by atoms with Crippen molar-refractivity contribution in [3.63, 3.8) is 0 Å². The number of epoxide rings is 1. The number of hydrogen-bond acceptors (Lipinski definition) is 12. The number of nitrogens with one attached hydrogen (secondary N) is 6. The van der Waals surface area contributed by atoms with Gasteiger partial charge in [-0.2, -0.15) is 0 Å². The summed E-state index contributed by atoms with van der Waals surface area (Å²) in [5.41, 5.74) is 18.2. The lowest BCUT2D eigenvalue weighted by Crippen LogP contribution is -2.30. The predicted molar refractivity (Wildman–Crippen MR) is 307 cm³/mol. The van der Waals surface area contributed by atoms with Crippen LogP contribution < -0.4 is 32.2 Å². The normalized spacial score (nSPS) is 17.7. The van der Waals surface area contributed by atoms with Gasteiger partial charge < -0.3 is 46.1 Å². The van der Waals surface area contributed by atoms with E-state index in [1.807, 2.05) is 127 Å². The average Bonchev–Trinajstić information content (AvgIpc) is 3.91. The molecule has 3 fully saturated rings. The number of nitrogens with two attached hydrogens (primary N) is 1. The average molecular weight is 1030 g/mol. The maximum Gasteiger partial charge on any atom is 0.313 e. The highest BCUT2D eigenvalue weighted by Gasteiger charge is 2.39. The summed E-state index contributed by atoms with van der Waals surface area (Å²) in [4.78, 5) is 50.4. The standard InChI is InChI=1S/C15H13NO2.C12H14N2O.C12H13NO.C12H9NO.C6H8N2.C6H7O2/c1-2-5-12-11(4-1)15-13(16-12)6-3-7-14(15)18-9-10-8-17-10;15-12-8-4-7-11(9-12)14-13-10-5-2-1-3-6-10;2*14-11-7-3-6-10-12(11)8-4-1-2-5-9(8)13-10;7-8-6-4-2-1-3-5-6;7-5-2-1-3-6(8)4-5/h1-7,10,16H,8-9H2;1-3,5-6,9,13-14H,4,7-8H2;1-2,4-5,10,12-13H,3,6-7H2;1-7,13-14H;1-5,8H,7H2;2H,1,3-4H2/q;;;;;+1/t10-;;;;;/m0...../s1. The zero-order valence-corrected chi connectivity index (χ0v) is 42.8. The van der Waals surface area contributed by atoms with Gasteiger partial charge in [-0.1, -0.05) is 103 Å². The first-order valence-corrected chi connectivity index (χ1v) is 26.2. The van der Waals surface area contributed by atoms with Crippen LogP contribution in [0.25, 0.3) is 43.6 Å². The van der Waals surface area contributed by atoms with E-state index in [1.165, 1.54) is 10.9 Å². The molecule has 14 nitrogen and oxygen atoms in total. The molecule has 1 saturated heterocycles. The highest BCUT2D eigenvalue weighted by Crippen LogP contribution is 2.42. The Hall–Kier alpha value is -8.85. The number of ether oxygens (including phenoxy) is 2. The van der Waals surface area contributed by atoms with Crippen molar-refractivity contribution in [2.24, 2.45) is 5.84 Å². The van der Waals surface area contributed by atoms with Crippen LogP contribution in [0, 0.1) is 6.42 Å². The lowest BCUT2D eigenvalue weighted by molar-refractivity contribution is -0.127. The molecule has 9 aromatic rings. The number of aromatic nitrogens is 2. The minimum Gasteiger partial charge on any atom is -0.507 e. The number of ketones is 4. The summed E-state index contributed by atoms with van der Waals surface area (Å²) in [5.74, 6) is 7.19. The third-order valence-electron chi connectivity index (χ3n) is 13.6. The van der Waals surface area contributed by atoms with Crippen LogP contribution in [0.15, 0.2) is 182 Å². The van der Waals surface area contributed by atoms with Crippen LogP contribution in [0.4, 0.5) is 17.1 Å². The smallest absolute Gasteiger partial charge is 0.313 e. The first-order chi connectivity index (χ1) is 37.7. The Balaban J connectivity index is 0.000000115. The summed E-state index contributed by atoms with van der Waals surface area (Å²) in [6, 6.07) is 55.9. The zero-order chi connectivity index (χ0) is 53.3. The van der Waals surface area contributed by atoms with Crippen LogP contribution in [0.5, 0.6) is 11.5 Å². The Labute approximate surface area is 447 Å². The van der Waals surface area contributed by atoms with Crippen LogP contribution in [0.2, 0.25) is 0 Å². The van der Waals surface area contributed by atoms with Gasteiger partial charge in [0.25, 0.3) is 0 Å². The quantitative estimate of drug-likeness (QED) is 0.0246. The van der Waals surface area contributed by atoms with E-state index in [2.05, 4.69) is 68.0 Å². The van der Waals surface area contributed by atoms with Crippen LogP contribution in [0.3, 0.4) is 0 Å². The fraction of sp³-hybridized carbons (Fsp3) is 0.222. The van der Waals surface area contributed by atoms with Crippen LogP contribution in [-0.2, 0) is 23.9 Å². The molecule has 0 spiro atoms.